The Labute approximate surface area is 141 Å². The molecule has 3 aromatic heterocycles. The average Bonchev–Trinajstić information content (AvgIpc) is 3.27. The summed E-state index contributed by atoms with van der Waals surface area (Å²) in [6.07, 6.45) is 8.89. The first kappa shape index (κ1) is 14.7. The largest absolute Gasteiger partial charge is 0.361 e. The molecule has 0 bridgehead atoms. The van der Waals surface area contributed by atoms with Gasteiger partial charge in [0.25, 0.3) is 0 Å². The van der Waals surface area contributed by atoms with E-state index in [-0.39, 0.29) is 0 Å². The van der Waals surface area contributed by atoms with Crippen LogP contribution in [0.25, 0.3) is 16.6 Å². The third kappa shape index (κ3) is 2.96. The molecule has 4 nitrogen and oxygen atoms in total. The highest BCUT2D eigenvalue weighted by molar-refractivity contribution is 5.83. The SMILES string of the molecule is c1cncc(-n2cccc2CNCCc2c[nH]c3ccccc23)c1. The number of benzene rings is 1. The molecule has 4 heteroatoms. The molecular formula is C20H20N4. The molecule has 1 aromatic carbocycles. The lowest BCUT2D eigenvalue weighted by molar-refractivity contribution is 0.667. The number of hydrogen-bond donors (Lipinski definition) is 2. The first-order valence-corrected chi connectivity index (χ1v) is 8.24. The van der Waals surface area contributed by atoms with Crippen LogP contribution in [0.15, 0.2) is 73.3 Å². The second kappa shape index (κ2) is 6.72. The molecule has 120 valence electrons. The number of H-pyrrole nitrogens is 1. The van der Waals surface area contributed by atoms with E-state index >= 15 is 0 Å². The van der Waals surface area contributed by atoms with E-state index in [1.54, 1.807) is 6.20 Å². The highest BCUT2D eigenvalue weighted by Gasteiger charge is 2.04. The van der Waals surface area contributed by atoms with Crippen LogP contribution >= 0.6 is 0 Å². The van der Waals surface area contributed by atoms with E-state index in [1.807, 2.05) is 12.3 Å². The number of aromatic nitrogens is 3. The highest BCUT2D eigenvalue weighted by atomic mass is 15.0. The van der Waals surface area contributed by atoms with Crippen molar-refractivity contribution < 1.29 is 0 Å². The number of nitrogens with zero attached hydrogens (tertiary/aromatic N) is 2. The Morgan fingerprint density at radius 3 is 2.92 bits per heavy atom. The molecule has 0 radical (unpaired) electrons. The molecule has 0 aliphatic carbocycles. The molecule has 0 atom stereocenters. The van der Waals surface area contributed by atoms with Gasteiger partial charge >= 0.3 is 0 Å². The summed E-state index contributed by atoms with van der Waals surface area (Å²) in [4.78, 5) is 7.53. The molecule has 4 aromatic rings. The van der Waals surface area contributed by atoms with Crippen molar-refractivity contribution >= 4 is 10.9 Å². The molecule has 24 heavy (non-hydrogen) atoms. The fraction of sp³-hybridized carbons (Fsp3) is 0.150. The molecule has 4 rings (SSSR count). The Morgan fingerprint density at radius 1 is 1.04 bits per heavy atom. The number of nitrogens with one attached hydrogen (secondary N) is 2. The van der Waals surface area contributed by atoms with Gasteiger partial charge in [0.05, 0.1) is 11.9 Å². The van der Waals surface area contributed by atoms with Gasteiger partial charge in [0.1, 0.15) is 0 Å². The lowest BCUT2D eigenvalue weighted by Crippen LogP contribution is -2.18. The first-order chi connectivity index (χ1) is 11.9. The summed E-state index contributed by atoms with van der Waals surface area (Å²) in [5.41, 5.74) is 4.90. The number of hydrogen-bond acceptors (Lipinski definition) is 2. The van der Waals surface area contributed by atoms with Gasteiger partial charge in [0, 0.05) is 41.7 Å². The van der Waals surface area contributed by atoms with Crippen LogP contribution in [-0.4, -0.2) is 21.1 Å². The molecule has 3 heterocycles. The predicted octanol–water partition coefficient (Wildman–Crippen LogP) is 3.69. The number of rotatable bonds is 6. The molecule has 0 saturated heterocycles. The Hall–Kier alpha value is -2.85. The van der Waals surface area contributed by atoms with Crippen molar-refractivity contribution in [2.45, 2.75) is 13.0 Å². The van der Waals surface area contributed by atoms with Gasteiger partial charge in [-0.25, -0.2) is 0 Å². The minimum Gasteiger partial charge on any atom is -0.361 e. The van der Waals surface area contributed by atoms with Crippen LogP contribution < -0.4 is 5.32 Å². The van der Waals surface area contributed by atoms with Crippen LogP contribution in [-0.2, 0) is 13.0 Å². The normalized spacial score (nSPS) is 11.2. The number of aromatic amines is 1. The monoisotopic (exact) mass is 316 g/mol. The smallest absolute Gasteiger partial charge is 0.0636 e. The summed E-state index contributed by atoms with van der Waals surface area (Å²) in [6.45, 7) is 1.78. The predicted molar refractivity (Wildman–Crippen MR) is 97.3 cm³/mol. The topological polar surface area (TPSA) is 45.6 Å². The van der Waals surface area contributed by atoms with Crippen LogP contribution in [0.4, 0.5) is 0 Å². The van der Waals surface area contributed by atoms with Crippen molar-refractivity contribution in [1.82, 2.24) is 19.9 Å². The molecule has 0 unspecified atom stereocenters. The fourth-order valence-electron chi connectivity index (χ4n) is 3.09. The standard InChI is InChI=1S/C20H20N4/c1-2-8-20-19(7-1)16(13-23-20)9-11-22-15-18-6-4-12-24(18)17-5-3-10-21-14-17/h1-8,10,12-14,22-23H,9,11,15H2. The van der Waals surface area contributed by atoms with Gasteiger partial charge in [-0.3, -0.25) is 4.98 Å². The van der Waals surface area contributed by atoms with Crippen LogP contribution in [0.5, 0.6) is 0 Å². The van der Waals surface area contributed by atoms with Crippen LogP contribution in [0, 0.1) is 0 Å². The van der Waals surface area contributed by atoms with Crippen LogP contribution in [0.3, 0.4) is 0 Å². The zero-order valence-electron chi connectivity index (χ0n) is 13.4. The van der Waals surface area contributed by atoms with E-state index in [2.05, 4.69) is 74.7 Å². The third-order valence-corrected chi connectivity index (χ3v) is 4.31. The second-order valence-corrected chi connectivity index (χ2v) is 5.87. The first-order valence-electron chi connectivity index (χ1n) is 8.24. The van der Waals surface area contributed by atoms with Gasteiger partial charge in [0.2, 0.25) is 0 Å². The van der Waals surface area contributed by atoms with E-state index in [0.717, 1.165) is 25.2 Å². The molecule has 0 aliphatic rings. The van der Waals surface area contributed by atoms with Crippen molar-refractivity contribution in [1.29, 1.82) is 0 Å². The van der Waals surface area contributed by atoms with Crippen LogP contribution in [0.2, 0.25) is 0 Å². The van der Waals surface area contributed by atoms with Crippen molar-refractivity contribution in [2.75, 3.05) is 6.54 Å². The van der Waals surface area contributed by atoms with Gasteiger partial charge in [-0.1, -0.05) is 18.2 Å². The lowest BCUT2D eigenvalue weighted by atomic mass is 10.1. The van der Waals surface area contributed by atoms with Gasteiger partial charge in [-0.15, -0.1) is 0 Å². The van der Waals surface area contributed by atoms with E-state index in [4.69, 9.17) is 0 Å². The molecule has 0 fully saturated rings. The van der Waals surface area contributed by atoms with Crippen molar-refractivity contribution in [3.8, 4) is 5.69 Å². The third-order valence-electron chi connectivity index (χ3n) is 4.31. The maximum atomic E-state index is 4.20. The van der Waals surface area contributed by atoms with Gasteiger partial charge in [-0.05, 0) is 48.9 Å². The zero-order valence-corrected chi connectivity index (χ0v) is 13.4. The molecule has 0 spiro atoms. The van der Waals surface area contributed by atoms with Gasteiger partial charge in [0.15, 0.2) is 0 Å². The highest BCUT2D eigenvalue weighted by Crippen LogP contribution is 2.17. The second-order valence-electron chi connectivity index (χ2n) is 5.87. The number of fused-ring (bicyclic) bond motifs is 1. The number of para-hydroxylation sites is 1. The van der Waals surface area contributed by atoms with Crippen LogP contribution in [0.1, 0.15) is 11.3 Å². The Balaban J connectivity index is 1.38. The minimum atomic E-state index is 0.838. The molecule has 2 N–H and O–H groups in total. The summed E-state index contributed by atoms with van der Waals surface area (Å²) in [6, 6.07) is 16.7. The minimum absolute atomic E-state index is 0.838. The maximum Gasteiger partial charge on any atom is 0.0636 e. The maximum absolute atomic E-state index is 4.20. The van der Waals surface area contributed by atoms with E-state index in [1.165, 1.54) is 22.2 Å². The van der Waals surface area contributed by atoms with Gasteiger partial charge < -0.3 is 14.9 Å². The Bertz CT molecular complexity index is 921. The summed E-state index contributed by atoms with van der Waals surface area (Å²) in [5, 5.41) is 4.86. The summed E-state index contributed by atoms with van der Waals surface area (Å²) in [5.74, 6) is 0. The van der Waals surface area contributed by atoms with Gasteiger partial charge in [-0.2, -0.15) is 0 Å². The fourth-order valence-corrected chi connectivity index (χ4v) is 3.09. The molecule has 0 saturated carbocycles. The van der Waals surface area contributed by atoms with Crippen molar-refractivity contribution in [3.63, 3.8) is 0 Å². The molecular weight excluding hydrogens is 296 g/mol. The van der Waals surface area contributed by atoms with E-state index < -0.39 is 0 Å². The summed E-state index contributed by atoms with van der Waals surface area (Å²) < 4.78 is 2.17. The summed E-state index contributed by atoms with van der Waals surface area (Å²) in [7, 11) is 0. The zero-order chi connectivity index (χ0) is 16.2. The van der Waals surface area contributed by atoms with E-state index in [9.17, 15) is 0 Å². The van der Waals surface area contributed by atoms with Crippen molar-refractivity contribution in [2.24, 2.45) is 0 Å². The average molecular weight is 316 g/mol. The molecule has 0 aliphatic heterocycles. The lowest BCUT2D eigenvalue weighted by Gasteiger charge is -2.10. The van der Waals surface area contributed by atoms with E-state index in [0.29, 0.717) is 0 Å². The molecule has 0 amide bonds. The Morgan fingerprint density at radius 2 is 2.00 bits per heavy atom. The number of pyridine rings is 1. The van der Waals surface area contributed by atoms with Crippen molar-refractivity contribution in [3.05, 3.63) is 84.6 Å². The Kier molecular flexibility index (Phi) is 4.13. The quantitative estimate of drug-likeness (QED) is 0.533. The summed E-state index contributed by atoms with van der Waals surface area (Å²) >= 11 is 0.